The number of nitrogens with one attached hydrogen (secondary N) is 1. The maximum Gasteiger partial charge on any atom is 0.295 e. The normalized spacial score (nSPS) is 10.3. The van der Waals surface area contributed by atoms with Gasteiger partial charge in [-0.3, -0.25) is 9.63 Å². The fourth-order valence-electron chi connectivity index (χ4n) is 1.37. The van der Waals surface area contributed by atoms with Crippen LogP contribution in [0.4, 0.5) is 4.39 Å². The Bertz CT molecular complexity index is 537. The molecule has 1 amide bonds. The molecule has 0 saturated carbocycles. The number of carbonyl (C=O) groups excluding carboxylic acids is 1. The summed E-state index contributed by atoms with van der Waals surface area (Å²) in [5, 5.41) is 4.07. The van der Waals surface area contributed by atoms with Crippen molar-refractivity contribution in [3.63, 3.8) is 0 Å². The van der Waals surface area contributed by atoms with Crippen LogP contribution in [0, 0.1) is 5.82 Å². The van der Waals surface area contributed by atoms with Crippen molar-refractivity contribution >= 4 is 5.91 Å². The van der Waals surface area contributed by atoms with Crippen LogP contribution in [0.15, 0.2) is 36.5 Å². The van der Waals surface area contributed by atoms with Crippen LogP contribution in [-0.2, 0) is 4.84 Å². The van der Waals surface area contributed by atoms with E-state index in [4.69, 9.17) is 4.84 Å². The predicted octanol–water partition coefficient (Wildman–Crippen LogP) is 1.69. The van der Waals surface area contributed by atoms with Crippen LogP contribution in [-0.4, -0.2) is 22.3 Å². The summed E-state index contributed by atoms with van der Waals surface area (Å²) in [6.07, 6.45) is 1.62. The maximum atomic E-state index is 12.8. The number of hydrogen-bond acceptors (Lipinski definition) is 3. The van der Waals surface area contributed by atoms with Gasteiger partial charge in [-0.1, -0.05) is 0 Å². The lowest BCUT2D eigenvalue weighted by Gasteiger charge is -2.01. The predicted molar refractivity (Wildman–Crippen MR) is 62.6 cm³/mol. The van der Waals surface area contributed by atoms with Crippen molar-refractivity contribution in [2.45, 2.75) is 6.92 Å². The Morgan fingerprint density at radius 2 is 2.11 bits per heavy atom. The summed E-state index contributed by atoms with van der Waals surface area (Å²) in [6, 6.07) is 7.37. The molecule has 1 N–H and O–H groups in total. The molecule has 0 fully saturated rings. The third-order valence-corrected chi connectivity index (χ3v) is 2.22. The van der Waals surface area contributed by atoms with Crippen molar-refractivity contribution in [1.29, 1.82) is 0 Å². The van der Waals surface area contributed by atoms with Gasteiger partial charge in [0.15, 0.2) is 5.69 Å². The van der Waals surface area contributed by atoms with E-state index in [1.165, 1.54) is 16.8 Å². The van der Waals surface area contributed by atoms with Gasteiger partial charge in [-0.15, -0.1) is 0 Å². The van der Waals surface area contributed by atoms with E-state index in [0.29, 0.717) is 12.3 Å². The summed E-state index contributed by atoms with van der Waals surface area (Å²) in [5.41, 5.74) is 3.15. The van der Waals surface area contributed by atoms with Crippen LogP contribution in [0.1, 0.15) is 17.4 Å². The molecule has 0 aliphatic heterocycles. The quantitative estimate of drug-likeness (QED) is 0.839. The first-order valence-electron chi connectivity index (χ1n) is 5.44. The largest absolute Gasteiger partial charge is 0.295 e. The molecule has 18 heavy (non-hydrogen) atoms. The second kappa shape index (κ2) is 5.42. The van der Waals surface area contributed by atoms with E-state index in [9.17, 15) is 9.18 Å². The standard InChI is InChI=1S/C12H12FN3O2/c1-2-18-15-12(17)11-7-8-16(14-11)10-5-3-9(13)4-6-10/h3-8H,2H2,1H3,(H,15,17). The monoisotopic (exact) mass is 249 g/mol. The van der Waals surface area contributed by atoms with Gasteiger partial charge in [0.2, 0.25) is 0 Å². The molecule has 0 aliphatic rings. The maximum absolute atomic E-state index is 12.8. The number of halogens is 1. The van der Waals surface area contributed by atoms with E-state index in [-0.39, 0.29) is 11.5 Å². The molecular weight excluding hydrogens is 237 g/mol. The first kappa shape index (κ1) is 12.3. The molecule has 0 bridgehead atoms. The highest BCUT2D eigenvalue weighted by Gasteiger charge is 2.09. The number of amides is 1. The van der Waals surface area contributed by atoms with Crippen molar-refractivity contribution < 1.29 is 14.0 Å². The minimum absolute atomic E-state index is 0.229. The van der Waals surface area contributed by atoms with Gasteiger partial charge in [0.05, 0.1) is 12.3 Å². The zero-order chi connectivity index (χ0) is 13.0. The molecule has 0 saturated heterocycles. The van der Waals surface area contributed by atoms with Gasteiger partial charge in [0.1, 0.15) is 5.82 Å². The summed E-state index contributed by atoms with van der Waals surface area (Å²) in [6.45, 7) is 2.14. The van der Waals surface area contributed by atoms with E-state index in [0.717, 1.165) is 0 Å². The van der Waals surface area contributed by atoms with Gasteiger partial charge in [-0.2, -0.15) is 5.10 Å². The zero-order valence-corrected chi connectivity index (χ0v) is 9.76. The van der Waals surface area contributed by atoms with Gasteiger partial charge in [-0.25, -0.2) is 14.6 Å². The van der Waals surface area contributed by atoms with Crippen molar-refractivity contribution in [2.24, 2.45) is 0 Å². The Morgan fingerprint density at radius 3 is 2.78 bits per heavy atom. The summed E-state index contributed by atoms with van der Waals surface area (Å²) in [4.78, 5) is 16.3. The Kier molecular flexibility index (Phi) is 3.69. The van der Waals surface area contributed by atoms with Crippen molar-refractivity contribution in [3.05, 3.63) is 48.0 Å². The number of nitrogens with zero attached hydrogens (tertiary/aromatic N) is 2. The number of hydroxylamine groups is 1. The van der Waals surface area contributed by atoms with Crippen LogP contribution < -0.4 is 5.48 Å². The molecule has 94 valence electrons. The van der Waals surface area contributed by atoms with Gasteiger partial charge in [0.25, 0.3) is 5.91 Å². The molecule has 2 aromatic rings. The SMILES string of the molecule is CCONC(=O)c1ccn(-c2ccc(F)cc2)n1. The fraction of sp³-hybridized carbons (Fsp3) is 0.167. The highest BCUT2D eigenvalue weighted by Crippen LogP contribution is 2.08. The Morgan fingerprint density at radius 1 is 1.39 bits per heavy atom. The Labute approximate surface area is 103 Å². The molecule has 2 rings (SSSR count). The second-order valence-corrected chi connectivity index (χ2v) is 3.49. The number of benzene rings is 1. The van der Waals surface area contributed by atoms with Crippen molar-refractivity contribution in [2.75, 3.05) is 6.61 Å². The Balaban J connectivity index is 2.15. The Hall–Kier alpha value is -2.21. The highest BCUT2D eigenvalue weighted by molar-refractivity contribution is 5.91. The number of hydrogen-bond donors (Lipinski definition) is 1. The minimum atomic E-state index is -0.419. The minimum Gasteiger partial charge on any atom is -0.274 e. The number of carbonyl (C=O) groups is 1. The fourth-order valence-corrected chi connectivity index (χ4v) is 1.37. The summed E-state index contributed by atoms with van der Waals surface area (Å²) in [5.74, 6) is -0.738. The van der Waals surface area contributed by atoms with Crippen LogP contribution in [0.25, 0.3) is 5.69 Å². The molecule has 0 atom stereocenters. The zero-order valence-electron chi connectivity index (χ0n) is 9.76. The van der Waals surface area contributed by atoms with Crippen LogP contribution in [0.2, 0.25) is 0 Å². The molecule has 1 aromatic heterocycles. The van der Waals surface area contributed by atoms with Crippen LogP contribution in [0.3, 0.4) is 0 Å². The van der Waals surface area contributed by atoms with E-state index in [1.807, 2.05) is 0 Å². The molecule has 1 aromatic carbocycles. The summed E-state index contributed by atoms with van der Waals surface area (Å²) >= 11 is 0. The first-order valence-corrected chi connectivity index (χ1v) is 5.44. The van der Waals surface area contributed by atoms with Crippen molar-refractivity contribution in [3.8, 4) is 5.69 Å². The van der Waals surface area contributed by atoms with Gasteiger partial charge < -0.3 is 0 Å². The molecule has 6 heteroatoms. The van der Waals surface area contributed by atoms with E-state index < -0.39 is 5.91 Å². The smallest absolute Gasteiger partial charge is 0.274 e. The van der Waals surface area contributed by atoms with Crippen LogP contribution >= 0.6 is 0 Å². The lowest BCUT2D eigenvalue weighted by atomic mass is 10.3. The first-order chi connectivity index (χ1) is 8.70. The van der Waals surface area contributed by atoms with Gasteiger partial charge in [0, 0.05) is 6.20 Å². The second-order valence-electron chi connectivity index (χ2n) is 3.49. The summed E-state index contributed by atoms with van der Waals surface area (Å²) < 4.78 is 14.3. The van der Waals surface area contributed by atoms with E-state index in [1.54, 1.807) is 31.3 Å². The lowest BCUT2D eigenvalue weighted by molar-refractivity contribution is 0.0359. The van der Waals surface area contributed by atoms with E-state index >= 15 is 0 Å². The van der Waals surface area contributed by atoms with Gasteiger partial charge >= 0.3 is 0 Å². The lowest BCUT2D eigenvalue weighted by Crippen LogP contribution is -2.24. The molecular formula is C12H12FN3O2. The molecule has 0 radical (unpaired) electrons. The highest BCUT2D eigenvalue weighted by atomic mass is 19.1. The third-order valence-electron chi connectivity index (χ3n) is 2.22. The average molecular weight is 249 g/mol. The molecule has 0 spiro atoms. The number of rotatable bonds is 4. The molecule has 5 nitrogen and oxygen atoms in total. The number of aromatic nitrogens is 2. The third kappa shape index (κ3) is 2.72. The van der Waals surface area contributed by atoms with Gasteiger partial charge in [-0.05, 0) is 37.3 Å². The van der Waals surface area contributed by atoms with Crippen LogP contribution in [0.5, 0.6) is 0 Å². The molecule has 0 aliphatic carbocycles. The topological polar surface area (TPSA) is 56.1 Å². The van der Waals surface area contributed by atoms with Crippen molar-refractivity contribution in [1.82, 2.24) is 15.3 Å². The molecule has 0 unspecified atom stereocenters. The summed E-state index contributed by atoms with van der Waals surface area (Å²) in [7, 11) is 0. The average Bonchev–Trinajstić information content (AvgIpc) is 2.86. The van der Waals surface area contributed by atoms with E-state index in [2.05, 4.69) is 10.6 Å². The molecule has 1 heterocycles.